The topological polar surface area (TPSA) is 34.1 Å². The van der Waals surface area contributed by atoms with Gasteiger partial charge in [0.1, 0.15) is 11.6 Å². The Bertz CT molecular complexity index is 689. The van der Waals surface area contributed by atoms with E-state index in [2.05, 4.69) is 0 Å². The molecule has 0 fully saturated rings. The van der Waals surface area contributed by atoms with E-state index >= 15 is 0 Å². The van der Waals surface area contributed by atoms with Gasteiger partial charge in [0.05, 0.1) is 32.0 Å². The van der Waals surface area contributed by atoms with E-state index in [1.54, 1.807) is 18.2 Å². The fraction of sp³-hybridized carbons (Fsp3) is 0.0714. The van der Waals surface area contributed by atoms with Crippen molar-refractivity contribution in [3.8, 4) is 0 Å². The molecule has 2 rings (SSSR count). The third-order valence-corrected chi connectivity index (χ3v) is 4.39. The molecule has 2 aromatic carbocycles. The van der Waals surface area contributed by atoms with Crippen molar-refractivity contribution in [3.05, 3.63) is 64.7 Å². The lowest BCUT2D eigenvalue weighted by Gasteiger charge is -2.05. The molecule has 0 radical (unpaired) electrons. The van der Waals surface area contributed by atoms with Crippen molar-refractivity contribution in [2.24, 2.45) is 0 Å². The maximum atomic E-state index is 13.4. The molecule has 20 heavy (non-hydrogen) atoms. The maximum absolute atomic E-state index is 13.4. The van der Waals surface area contributed by atoms with E-state index in [0.717, 1.165) is 12.1 Å². The Hall–Kier alpha value is -1.59. The quantitative estimate of drug-likeness (QED) is 0.808. The van der Waals surface area contributed by atoms with Crippen LogP contribution in [0.5, 0.6) is 0 Å². The number of carbonyl (C=O) groups is 1. The van der Waals surface area contributed by atoms with Crippen LogP contribution in [0.3, 0.4) is 0 Å². The molecule has 0 aliphatic rings. The van der Waals surface area contributed by atoms with Crippen molar-refractivity contribution >= 4 is 28.2 Å². The number of hydrogen-bond acceptors (Lipinski definition) is 2. The van der Waals surface area contributed by atoms with E-state index < -0.39 is 34.0 Å². The first-order valence-corrected chi connectivity index (χ1v) is 7.30. The normalized spacial score (nSPS) is 12.2. The lowest BCUT2D eigenvalue weighted by molar-refractivity contribution is 0.101. The second-order valence-electron chi connectivity index (χ2n) is 3.97. The molecule has 0 N–H and O–H groups in total. The van der Waals surface area contributed by atoms with E-state index in [9.17, 15) is 17.8 Å². The van der Waals surface area contributed by atoms with E-state index in [4.69, 9.17) is 11.6 Å². The molecule has 0 saturated heterocycles. The van der Waals surface area contributed by atoms with Crippen LogP contribution in [0.25, 0.3) is 0 Å². The molecule has 6 heteroatoms. The van der Waals surface area contributed by atoms with Gasteiger partial charge in [-0.1, -0.05) is 23.7 Å². The van der Waals surface area contributed by atoms with Crippen LogP contribution >= 0.6 is 11.6 Å². The van der Waals surface area contributed by atoms with Gasteiger partial charge in [0.25, 0.3) is 0 Å². The van der Waals surface area contributed by atoms with Gasteiger partial charge < -0.3 is 0 Å². The van der Waals surface area contributed by atoms with Crippen LogP contribution in [-0.4, -0.2) is 15.7 Å². The third kappa shape index (κ3) is 3.29. The van der Waals surface area contributed by atoms with Crippen molar-refractivity contribution in [2.75, 3.05) is 5.75 Å². The summed E-state index contributed by atoms with van der Waals surface area (Å²) in [6.45, 7) is 0. The zero-order valence-electron chi connectivity index (χ0n) is 10.1. The van der Waals surface area contributed by atoms with E-state index in [1.165, 1.54) is 6.07 Å². The summed E-state index contributed by atoms with van der Waals surface area (Å²) >= 11 is 5.87. The Morgan fingerprint density at radius 2 is 1.85 bits per heavy atom. The van der Waals surface area contributed by atoms with Gasteiger partial charge in [-0.2, -0.15) is 0 Å². The molecule has 1 unspecified atom stereocenters. The fourth-order valence-electron chi connectivity index (χ4n) is 1.62. The summed E-state index contributed by atoms with van der Waals surface area (Å²) in [7, 11) is -1.68. The number of carbonyl (C=O) groups excluding carboxylic acids is 1. The summed E-state index contributed by atoms with van der Waals surface area (Å²) < 4.78 is 38.2. The van der Waals surface area contributed by atoms with Crippen molar-refractivity contribution in [1.29, 1.82) is 0 Å². The molecule has 0 amide bonds. The fourth-order valence-corrected chi connectivity index (χ4v) is 3.08. The van der Waals surface area contributed by atoms with E-state index in [0.29, 0.717) is 11.0 Å². The highest BCUT2D eigenvalue weighted by Crippen LogP contribution is 2.20. The Kier molecular flexibility index (Phi) is 4.62. The molecular formula is C14H9ClF2O2S. The van der Waals surface area contributed by atoms with Crippen molar-refractivity contribution < 1.29 is 17.8 Å². The highest BCUT2D eigenvalue weighted by Gasteiger charge is 2.17. The first kappa shape index (κ1) is 14.8. The summed E-state index contributed by atoms with van der Waals surface area (Å²) in [4.78, 5) is 12.2. The Balaban J connectivity index is 2.20. The van der Waals surface area contributed by atoms with E-state index in [1.807, 2.05) is 0 Å². The maximum Gasteiger partial charge on any atom is 0.178 e. The lowest BCUT2D eigenvalue weighted by Crippen LogP contribution is -2.13. The SMILES string of the molecule is O=C(CS(=O)c1ccccc1Cl)c1ccc(F)cc1F. The molecule has 2 aromatic rings. The van der Waals surface area contributed by atoms with Crippen LogP contribution in [0.1, 0.15) is 10.4 Å². The average molecular weight is 315 g/mol. The van der Waals surface area contributed by atoms with Crippen LogP contribution in [0.4, 0.5) is 8.78 Å². The minimum absolute atomic E-state index is 0.276. The van der Waals surface area contributed by atoms with Crippen LogP contribution in [0.15, 0.2) is 47.4 Å². The molecule has 1 atom stereocenters. The molecule has 0 aromatic heterocycles. The second-order valence-corrected chi connectivity index (χ2v) is 5.79. The van der Waals surface area contributed by atoms with Crippen molar-refractivity contribution in [1.82, 2.24) is 0 Å². The first-order chi connectivity index (χ1) is 9.49. The molecular weight excluding hydrogens is 306 g/mol. The predicted molar refractivity (Wildman–Crippen MR) is 73.4 cm³/mol. The summed E-state index contributed by atoms with van der Waals surface area (Å²) in [5, 5.41) is 0.276. The van der Waals surface area contributed by atoms with Crippen LogP contribution in [0.2, 0.25) is 5.02 Å². The number of ketones is 1. The van der Waals surface area contributed by atoms with Crippen molar-refractivity contribution in [3.63, 3.8) is 0 Å². The Labute approximate surface area is 121 Å². The van der Waals surface area contributed by atoms with Crippen LogP contribution in [-0.2, 0) is 10.8 Å². The molecule has 0 heterocycles. The van der Waals surface area contributed by atoms with Crippen LogP contribution in [0, 0.1) is 11.6 Å². The summed E-state index contributed by atoms with van der Waals surface area (Å²) in [6, 6.07) is 9.04. The molecule has 0 aliphatic heterocycles. The third-order valence-electron chi connectivity index (χ3n) is 2.58. The van der Waals surface area contributed by atoms with Gasteiger partial charge in [-0.15, -0.1) is 0 Å². The molecule has 0 aliphatic carbocycles. The van der Waals surface area contributed by atoms with E-state index in [-0.39, 0.29) is 10.6 Å². The van der Waals surface area contributed by atoms with Crippen LogP contribution < -0.4 is 0 Å². The largest absolute Gasteiger partial charge is 0.293 e. The minimum atomic E-state index is -1.68. The summed E-state index contributed by atoms with van der Waals surface area (Å²) in [6.07, 6.45) is 0. The van der Waals surface area contributed by atoms with Gasteiger partial charge in [-0.25, -0.2) is 8.78 Å². The van der Waals surface area contributed by atoms with Gasteiger partial charge in [-0.05, 0) is 24.3 Å². The van der Waals surface area contributed by atoms with Gasteiger partial charge >= 0.3 is 0 Å². The van der Waals surface area contributed by atoms with Gasteiger partial charge in [0.15, 0.2) is 5.78 Å². The molecule has 0 spiro atoms. The average Bonchev–Trinajstić information content (AvgIpc) is 2.38. The Morgan fingerprint density at radius 1 is 1.15 bits per heavy atom. The molecule has 104 valence electrons. The number of halogens is 3. The smallest absolute Gasteiger partial charge is 0.178 e. The highest BCUT2D eigenvalue weighted by molar-refractivity contribution is 7.86. The van der Waals surface area contributed by atoms with Gasteiger partial charge in [-0.3, -0.25) is 9.00 Å². The van der Waals surface area contributed by atoms with Gasteiger partial charge in [0.2, 0.25) is 0 Å². The summed E-state index contributed by atoms with van der Waals surface area (Å²) in [5.41, 5.74) is -0.285. The molecule has 2 nitrogen and oxygen atoms in total. The number of benzene rings is 2. The predicted octanol–water partition coefficient (Wildman–Crippen LogP) is 3.61. The summed E-state index contributed by atoms with van der Waals surface area (Å²) in [5.74, 6) is -2.81. The highest BCUT2D eigenvalue weighted by atomic mass is 35.5. The second kappa shape index (κ2) is 6.24. The Morgan fingerprint density at radius 3 is 2.50 bits per heavy atom. The monoisotopic (exact) mass is 314 g/mol. The standard InChI is InChI=1S/C14H9ClF2O2S/c15-11-3-1-2-4-14(11)20(19)8-13(18)10-6-5-9(16)7-12(10)17/h1-7H,8H2. The lowest BCUT2D eigenvalue weighted by atomic mass is 10.1. The molecule has 0 bridgehead atoms. The molecule has 0 saturated carbocycles. The zero-order chi connectivity index (χ0) is 14.7. The number of hydrogen-bond donors (Lipinski definition) is 0. The first-order valence-electron chi connectivity index (χ1n) is 5.60. The van der Waals surface area contributed by atoms with Gasteiger partial charge in [0, 0.05) is 6.07 Å². The number of rotatable bonds is 4. The number of Topliss-reactive ketones (excluding diaryl/α,β-unsaturated/α-hetero) is 1. The van der Waals surface area contributed by atoms with Crippen molar-refractivity contribution in [2.45, 2.75) is 4.90 Å². The minimum Gasteiger partial charge on any atom is -0.293 e. The zero-order valence-corrected chi connectivity index (χ0v) is 11.7.